The Balaban J connectivity index is -0.00000133. The fraction of sp³-hybridized carbons (Fsp3) is 0.922. The lowest BCUT2D eigenvalue weighted by molar-refractivity contribution is -0.149. The van der Waals surface area contributed by atoms with Crippen LogP contribution in [0.4, 0.5) is 0 Å². The second kappa shape index (κ2) is 63.9. The van der Waals surface area contributed by atoms with E-state index >= 15 is 0 Å². The van der Waals surface area contributed by atoms with Gasteiger partial charge in [-0.2, -0.15) is 0 Å². The van der Waals surface area contributed by atoms with Crippen molar-refractivity contribution in [2.24, 2.45) is 17.4 Å². The maximum Gasteiger partial charge on any atom is 0.251 e. The quantitative estimate of drug-likeness (QED) is 0.0389. The van der Waals surface area contributed by atoms with E-state index in [4.69, 9.17) is 21.7 Å². The molecule has 0 aromatic rings. The zero-order chi connectivity index (χ0) is 65.1. The van der Waals surface area contributed by atoms with Gasteiger partial charge in [0.2, 0.25) is 17.7 Å². The molecule has 0 radical (unpaired) electrons. The number of amides is 5. The fourth-order valence-electron chi connectivity index (χ4n) is 9.84. The number of hydrogen-bond donors (Lipinski definition) is 18. The molecule has 0 heterocycles. The zero-order valence-electron chi connectivity index (χ0n) is 54.0. The molecule has 0 saturated carbocycles. The van der Waals surface area contributed by atoms with E-state index in [0.717, 1.165) is 101 Å². The Morgan fingerprint density at radius 3 is 1.15 bits per heavy atom. The van der Waals surface area contributed by atoms with Gasteiger partial charge in [-0.1, -0.05) is 162 Å². The van der Waals surface area contributed by atoms with Gasteiger partial charge in [0.1, 0.15) is 36.6 Å². The van der Waals surface area contributed by atoms with Crippen LogP contribution < -0.4 is 43.4 Å². The number of nitrogens with one attached hydrogen (secondary N) is 6. The first-order valence-electron chi connectivity index (χ1n) is 33.8. The largest absolute Gasteiger partial charge is 0.394 e. The average Bonchev–Trinajstić information content (AvgIpc) is 3.70. The first-order chi connectivity index (χ1) is 42.0. The normalized spacial score (nSPS) is 14.1. The van der Waals surface area contributed by atoms with Gasteiger partial charge in [0.15, 0.2) is 12.2 Å². The van der Waals surface area contributed by atoms with E-state index in [9.17, 15) is 64.8 Å². The zero-order valence-corrected chi connectivity index (χ0v) is 54.0. The molecular formula is C64H135N9O15. The van der Waals surface area contributed by atoms with Gasteiger partial charge in [0.25, 0.3) is 11.8 Å². The van der Waals surface area contributed by atoms with Crippen molar-refractivity contribution in [1.82, 2.24) is 36.8 Å². The Bertz CT molecular complexity index is 1570. The van der Waals surface area contributed by atoms with Gasteiger partial charge in [-0.05, 0) is 97.1 Å². The molecule has 0 fully saturated rings. The fourth-order valence-corrected chi connectivity index (χ4v) is 9.84. The highest BCUT2D eigenvalue weighted by atomic mass is 16.4. The molecule has 0 aliphatic rings. The molecule has 0 unspecified atom stereocenters. The number of rotatable bonds is 61. The number of unbranched alkanes of at least 4 members (excludes halogenated alkanes) is 25. The highest BCUT2D eigenvalue weighted by Crippen LogP contribution is 2.16. The second-order valence-corrected chi connectivity index (χ2v) is 23.4. The van der Waals surface area contributed by atoms with Crippen LogP contribution in [0.5, 0.6) is 0 Å². The Hall–Kier alpha value is -3.21. The highest BCUT2D eigenvalue weighted by Gasteiger charge is 2.35. The van der Waals surface area contributed by atoms with Crippen LogP contribution in [0.1, 0.15) is 235 Å². The number of aliphatic hydroxyl groups is 10. The summed E-state index contributed by atoms with van der Waals surface area (Å²) in [5.74, 6) is -2.33. The molecule has 5 amide bonds. The monoisotopic (exact) mass is 1270 g/mol. The van der Waals surface area contributed by atoms with Gasteiger partial charge < -0.3 is 99.3 Å². The molecule has 8 atom stereocenters. The predicted octanol–water partition coefficient (Wildman–Crippen LogP) is 2.65. The Kier molecular flexibility index (Phi) is 64.6. The molecule has 0 rings (SSSR count). The number of nitrogens with zero attached hydrogens (tertiary/aromatic N) is 1. The molecule has 0 aromatic carbocycles. The lowest BCUT2D eigenvalue weighted by Gasteiger charge is -2.27. The minimum Gasteiger partial charge on any atom is -0.394 e. The third-order valence-corrected chi connectivity index (χ3v) is 15.6. The summed E-state index contributed by atoms with van der Waals surface area (Å²) in [7, 11) is 0. The first kappa shape index (κ1) is 89.0. The van der Waals surface area contributed by atoms with Crippen LogP contribution >= 0.6 is 0 Å². The summed E-state index contributed by atoms with van der Waals surface area (Å²) in [5, 5.41) is 114. The van der Waals surface area contributed by atoms with Gasteiger partial charge in [-0.15, -0.1) is 0 Å². The van der Waals surface area contributed by atoms with Crippen LogP contribution in [0.2, 0.25) is 0 Å². The molecule has 24 nitrogen and oxygen atoms in total. The Morgan fingerprint density at radius 1 is 0.409 bits per heavy atom. The maximum atomic E-state index is 13.1. The summed E-state index contributed by atoms with van der Waals surface area (Å²) in [5.41, 5.74) is 11.0. The summed E-state index contributed by atoms with van der Waals surface area (Å²) < 4.78 is 0. The van der Waals surface area contributed by atoms with Gasteiger partial charge >= 0.3 is 0 Å². The molecule has 0 aliphatic carbocycles. The van der Waals surface area contributed by atoms with E-state index in [1.54, 1.807) is 0 Å². The third-order valence-electron chi connectivity index (χ3n) is 15.6. The van der Waals surface area contributed by atoms with Gasteiger partial charge in [0.05, 0.1) is 13.2 Å². The molecular weight excluding hydrogens is 1130 g/mol. The number of aliphatic hydroxyl groups excluding tert-OH is 10. The van der Waals surface area contributed by atoms with Crippen molar-refractivity contribution in [3.63, 3.8) is 0 Å². The molecule has 0 aromatic heterocycles. The summed E-state index contributed by atoms with van der Waals surface area (Å²) in [6, 6.07) is 0. The molecule has 24 heteroatoms. The number of nitrogens with two attached hydrogens (primary N) is 2. The summed E-state index contributed by atoms with van der Waals surface area (Å²) in [6.45, 7) is 8.52. The van der Waals surface area contributed by atoms with E-state index < -0.39 is 79.8 Å². The van der Waals surface area contributed by atoms with E-state index in [-0.39, 0.29) is 59.7 Å². The van der Waals surface area contributed by atoms with Crippen LogP contribution in [-0.2, 0) is 24.0 Å². The van der Waals surface area contributed by atoms with Crippen LogP contribution in [0, 0.1) is 5.92 Å². The number of carbonyl (C=O) groups is 5. The molecule has 0 aliphatic heterocycles. The smallest absolute Gasteiger partial charge is 0.251 e. The van der Waals surface area contributed by atoms with Crippen molar-refractivity contribution < 1.29 is 76.5 Å². The molecule has 0 spiro atoms. The van der Waals surface area contributed by atoms with E-state index in [0.29, 0.717) is 19.5 Å². The number of carbonyl (C=O) groups excluding carboxylic acids is 5. The number of hydrogen-bond acceptors (Lipinski definition) is 19. The van der Waals surface area contributed by atoms with Crippen molar-refractivity contribution in [2.45, 2.75) is 282 Å². The summed E-state index contributed by atoms with van der Waals surface area (Å²) in [6.07, 6.45) is 20.6. The SMILES string of the molecule is C.CCCCCCC(CNCCCCN)CNCCCCN.CCNC(=O)CCCCCCCCCCCCCCCCCCCCCCCNC(=O)CCC(=O)N(CCNC(=O)[C@@H](O)[C@H](O)[C@@H](O)[C@H](O)CO)CCNC(=O)[C@H](O)[C@@H](O)[C@H](O)[C@@H](O)CO.[HH]. The van der Waals surface area contributed by atoms with Crippen molar-refractivity contribution in [3.05, 3.63) is 0 Å². The Labute approximate surface area is 532 Å². The topological polar surface area (TPSA) is 415 Å². The van der Waals surface area contributed by atoms with Crippen molar-refractivity contribution >= 4 is 29.5 Å². The molecule has 88 heavy (non-hydrogen) atoms. The van der Waals surface area contributed by atoms with Crippen LogP contribution in [0.15, 0.2) is 0 Å². The standard InChI is InChI=1S/C46H89N5O15.C17H40N4.CH4.H2/c1-2-47-36(56)24-22-20-18-16-14-12-10-8-6-4-3-5-7-9-11-13-15-17-19-21-23-27-48-37(57)25-26-38(58)51(30-28-49-45(65)43(63)41(61)39(59)34(54)32-52)31-29-50-46(66)44(64)42(62)40(60)35(55)33-53;1-2-3-4-5-10-17(15-20-13-8-6-11-18)16-21-14-9-7-12-19;;/h34-35,39-44,52-55,59-64H,2-33H2,1H3,(H,47,56)(H,48,57)(H,49,65)(H,50,66);17,20-21H,2-16,18-19H2,1H3;1H4;1H/t34-,35+,39+,40-,41-,42+,43+,44-;;;. The Morgan fingerprint density at radius 2 is 0.773 bits per heavy atom. The molecule has 20 N–H and O–H groups in total. The second-order valence-electron chi connectivity index (χ2n) is 23.4. The van der Waals surface area contributed by atoms with Gasteiger partial charge in [-0.25, -0.2) is 0 Å². The van der Waals surface area contributed by atoms with E-state index in [1.165, 1.54) is 141 Å². The minimum atomic E-state index is -2.21. The minimum absolute atomic E-state index is 0. The van der Waals surface area contributed by atoms with Crippen molar-refractivity contribution in [1.29, 1.82) is 0 Å². The molecule has 526 valence electrons. The molecule has 0 bridgehead atoms. The predicted molar refractivity (Wildman–Crippen MR) is 351 cm³/mol. The summed E-state index contributed by atoms with van der Waals surface area (Å²) in [4.78, 5) is 63.0. The first-order valence-corrected chi connectivity index (χ1v) is 33.8. The highest BCUT2D eigenvalue weighted by molar-refractivity contribution is 5.84. The van der Waals surface area contributed by atoms with Crippen molar-refractivity contribution in [2.75, 3.05) is 91.8 Å². The van der Waals surface area contributed by atoms with Gasteiger partial charge in [0, 0.05) is 60.0 Å². The third kappa shape index (κ3) is 51.4. The lowest BCUT2D eigenvalue weighted by Crippen LogP contribution is -2.53. The van der Waals surface area contributed by atoms with Crippen LogP contribution in [-0.4, -0.2) is 226 Å². The molecule has 0 saturated heterocycles. The van der Waals surface area contributed by atoms with E-state index in [2.05, 4.69) is 38.8 Å². The van der Waals surface area contributed by atoms with Gasteiger partial charge in [-0.3, -0.25) is 24.0 Å². The van der Waals surface area contributed by atoms with Crippen LogP contribution in [0.3, 0.4) is 0 Å². The summed E-state index contributed by atoms with van der Waals surface area (Å²) >= 11 is 0. The van der Waals surface area contributed by atoms with E-state index in [1.807, 2.05) is 6.92 Å². The average molecular weight is 1270 g/mol. The lowest BCUT2D eigenvalue weighted by atomic mass is 10.0. The maximum absolute atomic E-state index is 13.1. The van der Waals surface area contributed by atoms with Crippen molar-refractivity contribution in [3.8, 4) is 0 Å². The van der Waals surface area contributed by atoms with Crippen LogP contribution in [0.25, 0.3) is 0 Å².